The molecule has 0 aliphatic carbocycles. The molecule has 2 rings (SSSR count). The highest BCUT2D eigenvalue weighted by molar-refractivity contribution is 6.50. The fourth-order valence-electron chi connectivity index (χ4n) is 3.23. The van der Waals surface area contributed by atoms with E-state index in [4.69, 9.17) is 0 Å². The topological polar surface area (TPSA) is 99.1 Å². The van der Waals surface area contributed by atoms with Crippen molar-refractivity contribution in [3.63, 3.8) is 0 Å². The molecule has 8 heteroatoms. The molecule has 1 aliphatic rings. The van der Waals surface area contributed by atoms with Gasteiger partial charge in [0.15, 0.2) is 0 Å². The van der Waals surface area contributed by atoms with Gasteiger partial charge in [-0.15, -0.1) is 0 Å². The zero-order valence-corrected chi connectivity index (χ0v) is 15.4. The first-order valence-corrected chi connectivity index (χ1v) is 9.04. The molecule has 0 spiro atoms. The monoisotopic (exact) mass is 359 g/mol. The third kappa shape index (κ3) is 5.66. The van der Waals surface area contributed by atoms with Crippen molar-refractivity contribution < 1.29 is 14.6 Å². The number of nitroso groups, excluding NO2 is 1. The molecule has 2 N–H and O–H groups in total. The SMILES string of the molecule is Cc1ccc(CC(NC(=O)CCN2CCCCC2=O)B(O)N=O)c(C)c1. The van der Waals surface area contributed by atoms with Crippen LogP contribution in [0.5, 0.6) is 0 Å². The number of rotatable bonds is 8. The summed E-state index contributed by atoms with van der Waals surface area (Å²) in [6, 6.07) is 5.88. The van der Waals surface area contributed by atoms with E-state index in [2.05, 4.69) is 10.4 Å². The lowest BCUT2D eigenvalue weighted by Crippen LogP contribution is -2.48. The predicted molar refractivity (Wildman–Crippen MR) is 100 cm³/mol. The van der Waals surface area contributed by atoms with Gasteiger partial charge in [0.1, 0.15) is 0 Å². The van der Waals surface area contributed by atoms with Crippen LogP contribution in [-0.2, 0) is 16.0 Å². The van der Waals surface area contributed by atoms with E-state index < -0.39 is 13.0 Å². The summed E-state index contributed by atoms with van der Waals surface area (Å²) in [4.78, 5) is 36.5. The van der Waals surface area contributed by atoms with E-state index in [0.29, 0.717) is 25.9 Å². The molecule has 0 saturated carbocycles. The molecular weight excluding hydrogens is 333 g/mol. The molecule has 140 valence electrons. The second-order valence-corrected chi connectivity index (χ2v) is 6.91. The van der Waals surface area contributed by atoms with Crippen molar-refractivity contribution >= 4 is 18.9 Å². The summed E-state index contributed by atoms with van der Waals surface area (Å²) < 4.78 is 0. The zero-order chi connectivity index (χ0) is 19.1. The van der Waals surface area contributed by atoms with Crippen molar-refractivity contribution in [1.82, 2.24) is 10.2 Å². The molecule has 1 atom stereocenters. The summed E-state index contributed by atoms with van der Waals surface area (Å²) in [7, 11) is -1.52. The standard InChI is InChI=1S/C18H26BN3O4/c1-13-6-7-15(14(2)11-13)12-16(19(25)21-26)20-17(23)8-10-22-9-4-3-5-18(22)24/h6-7,11,16,25H,3-5,8-10,12H2,1-2H3,(H,20,23). The Kier molecular flexibility index (Phi) is 7.32. The van der Waals surface area contributed by atoms with Crippen LogP contribution in [0.2, 0.25) is 0 Å². The number of aryl methyl sites for hydroxylation is 2. The van der Waals surface area contributed by atoms with Gasteiger partial charge in [-0.1, -0.05) is 28.9 Å². The molecule has 1 aromatic rings. The van der Waals surface area contributed by atoms with Gasteiger partial charge < -0.3 is 15.2 Å². The normalized spacial score (nSPS) is 15.5. The Balaban J connectivity index is 1.94. The third-order valence-electron chi connectivity index (χ3n) is 4.78. The minimum absolute atomic E-state index is 0.0745. The number of carbonyl (C=O) groups is 2. The van der Waals surface area contributed by atoms with Crippen LogP contribution in [-0.4, -0.2) is 47.8 Å². The van der Waals surface area contributed by atoms with Crippen LogP contribution in [0.1, 0.15) is 42.4 Å². The summed E-state index contributed by atoms with van der Waals surface area (Å²) in [5.74, 6) is -1.02. The Bertz CT molecular complexity index is 668. The summed E-state index contributed by atoms with van der Waals surface area (Å²) in [5, 5.41) is 15.2. The van der Waals surface area contributed by atoms with E-state index in [9.17, 15) is 19.5 Å². The Morgan fingerprint density at radius 3 is 2.81 bits per heavy atom. The Morgan fingerprint density at radius 2 is 2.15 bits per heavy atom. The highest BCUT2D eigenvalue weighted by atomic mass is 16.3. The minimum Gasteiger partial charge on any atom is -0.428 e. The van der Waals surface area contributed by atoms with Crippen LogP contribution in [0.3, 0.4) is 0 Å². The lowest BCUT2D eigenvalue weighted by molar-refractivity contribution is -0.133. The quantitative estimate of drug-likeness (QED) is 0.543. The zero-order valence-electron chi connectivity index (χ0n) is 15.4. The number of carbonyl (C=O) groups excluding carboxylic acids is 2. The van der Waals surface area contributed by atoms with Gasteiger partial charge in [-0.05, 0) is 44.2 Å². The average molecular weight is 359 g/mol. The fourth-order valence-corrected chi connectivity index (χ4v) is 3.23. The number of hydrogen-bond donors (Lipinski definition) is 2. The molecule has 26 heavy (non-hydrogen) atoms. The van der Waals surface area contributed by atoms with E-state index in [1.54, 1.807) is 4.90 Å². The first kappa shape index (κ1) is 20.1. The molecule has 1 heterocycles. The maximum Gasteiger partial charge on any atom is 0.506 e. The van der Waals surface area contributed by atoms with Gasteiger partial charge in [0, 0.05) is 25.9 Å². The van der Waals surface area contributed by atoms with E-state index in [1.165, 1.54) is 0 Å². The maximum absolute atomic E-state index is 12.2. The van der Waals surface area contributed by atoms with Crippen molar-refractivity contribution in [2.24, 2.45) is 5.09 Å². The Labute approximate surface area is 154 Å². The van der Waals surface area contributed by atoms with Crippen molar-refractivity contribution in [3.8, 4) is 0 Å². The molecule has 0 radical (unpaired) electrons. The van der Waals surface area contributed by atoms with Crippen LogP contribution in [0.15, 0.2) is 23.3 Å². The second-order valence-electron chi connectivity index (χ2n) is 6.91. The van der Waals surface area contributed by atoms with Gasteiger partial charge >= 0.3 is 7.05 Å². The Hall–Kier alpha value is -2.22. The highest BCUT2D eigenvalue weighted by Gasteiger charge is 2.29. The maximum atomic E-state index is 12.2. The Morgan fingerprint density at radius 1 is 1.38 bits per heavy atom. The highest BCUT2D eigenvalue weighted by Crippen LogP contribution is 2.14. The number of nitrogens with one attached hydrogen (secondary N) is 1. The molecule has 1 unspecified atom stereocenters. The van der Waals surface area contributed by atoms with Crippen molar-refractivity contribution in [3.05, 3.63) is 39.8 Å². The molecule has 1 saturated heterocycles. The number of amides is 2. The molecule has 1 aliphatic heterocycles. The van der Waals surface area contributed by atoms with Crippen molar-refractivity contribution in [1.29, 1.82) is 0 Å². The minimum atomic E-state index is -1.52. The van der Waals surface area contributed by atoms with E-state index >= 15 is 0 Å². The number of nitrogens with zero attached hydrogens (tertiary/aromatic N) is 2. The first-order chi connectivity index (χ1) is 12.4. The van der Waals surface area contributed by atoms with Gasteiger partial charge in [-0.2, -0.15) is 4.91 Å². The molecule has 0 bridgehead atoms. The van der Waals surface area contributed by atoms with Gasteiger partial charge in [0.2, 0.25) is 11.8 Å². The van der Waals surface area contributed by atoms with Crippen LogP contribution >= 0.6 is 0 Å². The number of piperidine rings is 1. The van der Waals surface area contributed by atoms with Crippen LogP contribution in [0.4, 0.5) is 0 Å². The van der Waals surface area contributed by atoms with E-state index in [1.807, 2.05) is 32.0 Å². The van der Waals surface area contributed by atoms with Crippen LogP contribution < -0.4 is 5.32 Å². The lowest BCUT2D eigenvalue weighted by atomic mass is 9.71. The lowest BCUT2D eigenvalue weighted by Gasteiger charge is -2.27. The van der Waals surface area contributed by atoms with Crippen LogP contribution in [0, 0.1) is 18.8 Å². The summed E-state index contributed by atoms with van der Waals surface area (Å²) in [6.45, 7) is 4.96. The predicted octanol–water partition coefficient (Wildman–Crippen LogP) is 1.52. The number of hydrogen-bond acceptors (Lipinski definition) is 5. The smallest absolute Gasteiger partial charge is 0.428 e. The average Bonchev–Trinajstić information content (AvgIpc) is 2.62. The van der Waals surface area contributed by atoms with Crippen molar-refractivity contribution in [2.45, 2.75) is 51.9 Å². The van der Waals surface area contributed by atoms with Gasteiger partial charge in [0.05, 0.1) is 5.94 Å². The van der Waals surface area contributed by atoms with Gasteiger partial charge in [-0.3, -0.25) is 9.59 Å². The molecule has 1 fully saturated rings. The van der Waals surface area contributed by atoms with Crippen LogP contribution in [0.25, 0.3) is 0 Å². The molecule has 0 aromatic heterocycles. The molecule has 2 amide bonds. The summed E-state index contributed by atoms with van der Waals surface area (Å²) >= 11 is 0. The third-order valence-corrected chi connectivity index (χ3v) is 4.78. The van der Waals surface area contributed by atoms with Gasteiger partial charge in [-0.25, -0.2) is 0 Å². The largest absolute Gasteiger partial charge is 0.506 e. The molecule has 1 aromatic carbocycles. The molecule has 7 nitrogen and oxygen atoms in total. The fraction of sp³-hybridized carbons (Fsp3) is 0.556. The van der Waals surface area contributed by atoms with Crippen molar-refractivity contribution in [2.75, 3.05) is 13.1 Å². The second kappa shape index (κ2) is 9.47. The summed E-state index contributed by atoms with van der Waals surface area (Å²) in [6.07, 6.45) is 2.84. The number of benzene rings is 1. The summed E-state index contributed by atoms with van der Waals surface area (Å²) in [5.41, 5.74) is 3.09. The van der Waals surface area contributed by atoms with E-state index in [-0.39, 0.29) is 18.2 Å². The molecular formula is C18H26BN3O4. The van der Waals surface area contributed by atoms with Gasteiger partial charge in [0.25, 0.3) is 0 Å². The first-order valence-electron chi connectivity index (χ1n) is 9.04. The van der Waals surface area contributed by atoms with E-state index in [0.717, 1.165) is 29.5 Å². The number of likely N-dealkylation sites (tertiary alicyclic amines) is 1.